The number of carbonyl (C=O) groups excluding carboxylic acids is 1. The lowest BCUT2D eigenvalue weighted by atomic mass is 9.96. The van der Waals surface area contributed by atoms with E-state index in [0.29, 0.717) is 0 Å². The summed E-state index contributed by atoms with van der Waals surface area (Å²) in [6.07, 6.45) is 4.01. The van der Waals surface area contributed by atoms with Crippen molar-refractivity contribution in [1.29, 1.82) is 0 Å². The van der Waals surface area contributed by atoms with Gasteiger partial charge in [-0.3, -0.25) is 14.2 Å². The third-order valence-electron chi connectivity index (χ3n) is 4.08. The van der Waals surface area contributed by atoms with Gasteiger partial charge in [-0.15, -0.1) is 0 Å². The van der Waals surface area contributed by atoms with Gasteiger partial charge in [0.15, 0.2) is 0 Å². The first-order chi connectivity index (χ1) is 12.2. The molecule has 0 saturated carbocycles. The summed E-state index contributed by atoms with van der Waals surface area (Å²) in [4.78, 5) is 36.0. The third kappa shape index (κ3) is 4.36. The molecule has 1 aromatic heterocycles. The van der Waals surface area contributed by atoms with Gasteiger partial charge in [0.1, 0.15) is 5.82 Å². The van der Waals surface area contributed by atoms with Gasteiger partial charge in [-0.2, -0.15) is 0 Å². The normalized spacial score (nSPS) is 12.5. The first-order valence-electron chi connectivity index (χ1n) is 8.21. The van der Waals surface area contributed by atoms with E-state index < -0.39 is 11.2 Å². The quantitative estimate of drug-likeness (QED) is 0.827. The molecule has 1 aromatic carbocycles. The molecule has 7 heteroatoms. The molecule has 0 aliphatic carbocycles. The molecule has 0 spiro atoms. The van der Waals surface area contributed by atoms with Gasteiger partial charge in [-0.25, -0.2) is 9.18 Å². The van der Waals surface area contributed by atoms with Gasteiger partial charge in [0, 0.05) is 26.4 Å². The Morgan fingerprint density at radius 1 is 1.15 bits per heavy atom. The maximum Gasteiger partial charge on any atom is 0.330 e. The maximum absolute atomic E-state index is 13.1. The van der Waals surface area contributed by atoms with Crippen molar-refractivity contribution >= 4 is 12.0 Å². The predicted molar refractivity (Wildman–Crippen MR) is 98.1 cm³/mol. The van der Waals surface area contributed by atoms with Crippen LogP contribution in [0.1, 0.15) is 31.0 Å². The molecule has 1 atom stereocenters. The van der Waals surface area contributed by atoms with Crippen LogP contribution in [0.3, 0.4) is 0 Å². The maximum atomic E-state index is 13.1. The molecule has 2 aromatic rings. The van der Waals surface area contributed by atoms with Crippen molar-refractivity contribution in [3.8, 4) is 0 Å². The summed E-state index contributed by atoms with van der Waals surface area (Å²) in [5, 5.41) is 2.86. The molecule has 1 unspecified atom stereocenters. The van der Waals surface area contributed by atoms with Crippen LogP contribution in [0.25, 0.3) is 6.08 Å². The SMILES string of the molecule is CC(C)C(NC(=O)/C=C/c1cn(C)c(=O)n(C)c1=O)c1ccc(F)cc1. The summed E-state index contributed by atoms with van der Waals surface area (Å²) in [7, 11) is 2.91. The molecule has 0 fully saturated rings. The first-order valence-corrected chi connectivity index (χ1v) is 8.21. The molecule has 26 heavy (non-hydrogen) atoms. The lowest BCUT2D eigenvalue weighted by Gasteiger charge is -2.22. The highest BCUT2D eigenvalue weighted by Gasteiger charge is 2.17. The Hall–Kier alpha value is -2.96. The summed E-state index contributed by atoms with van der Waals surface area (Å²) >= 11 is 0. The number of hydrogen-bond acceptors (Lipinski definition) is 3. The van der Waals surface area contributed by atoms with E-state index >= 15 is 0 Å². The van der Waals surface area contributed by atoms with Crippen LogP contribution >= 0.6 is 0 Å². The first kappa shape index (κ1) is 19.4. The highest BCUT2D eigenvalue weighted by Crippen LogP contribution is 2.21. The Morgan fingerprint density at radius 2 is 1.77 bits per heavy atom. The molecule has 0 aliphatic rings. The minimum atomic E-state index is -0.476. The van der Waals surface area contributed by atoms with E-state index in [9.17, 15) is 18.8 Å². The Kier molecular flexibility index (Phi) is 5.92. The summed E-state index contributed by atoms with van der Waals surface area (Å²) < 4.78 is 15.4. The summed E-state index contributed by atoms with van der Waals surface area (Å²) in [5.41, 5.74) is 0.109. The second-order valence-corrected chi connectivity index (χ2v) is 6.46. The van der Waals surface area contributed by atoms with Crippen LogP contribution in [0.15, 0.2) is 46.1 Å². The van der Waals surface area contributed by atoms with Gasteiger partial charge in [0.05, 0.1) is 11.6 Å². The predicted octanol–water partition coefficient (Wildman–Crippen LogP) is 1.75. The van der Waals surface area contributed by atoms with E-state index in [-0.39, 0.29) is 29.2 Å². The number of hydrogen-bond donors (Lipinski definition) is 1. The molecule has 138 valence electrons. The Bertz CT molecular complexity index is 940. The fraction of sp³-hybridized carbons (Fsp3) is 0.316. The average Bonchev–Trinajstić information content (AvgIpc) is 2.60. The molecule has 0 bridgehead atoms. The number of carbonyl (C=O) groups is 1. The van der Waals surface area contributed by atoms with Crippen LogP contribution in [-0.4, -0.2) is 15.0 Å². The molecule has 1 amide bonds. The van der Waals surface area contributed by atoms with Gasteiger partial charge >= 0.3 is 5.69 Å². The fourth-order valence-electron chi connectivity index (χ4n) is 2.62. The number of nitrogens with one attached hydrogen (secondary N) is 1. The van der Waals surface area contributed by atoms with Crippen LogP contribution in [0.5, 0.6) is 0 Å². The number of benzene rings is 1. The van der Waals surface area contributed by atoms with Gasteiger partial charge in [-0.1, -0.05) is 26.0 Å². The van der Waals surface area contributed by atoms with E-state index in [1.165, 1.54) is 49.1 Å². The van der Waals surface area contributed by atoms with E-state index in [1.54, 1.807) is 12.1 Å². The average molecular weight is 359 g/mol. The van der Waals surface area contributed by atoms with E-state index in [1.807, 2.05) is 13.8 Å². The second-order valence-electron chi connectivity index (χ2n) is 6.46. The Labute approximate surface area is 150 Å². The lowest BCUT2D eigenvalue weighted by molar-refractivity contribution is -0.117. The number of rotatable bonds is 5. The molecule has 2 rings (SSSR count). The zero-order valence-electron chi connectivity index (χ0n) is 15.2. The van der Waals surface area contributed by atoms with Crippen molar-refractivity contribution in [2.75, 3.05) is 0 Å². The highest BCUT2D eigenvalue weighted by atomic mass is 19.1. The van der Waals surface area contributed by atoms with Gasteiger partial charge < -0.3 is 9.88 Å². The van der Waals surface area contributed by atoms with Crippen LogP contribution in [0.4, 0.5) is 4.39 Å². The molecule has 6 nitrogen and oxygen atoms in total. The monoisotopic (exact) mass is 359 g/mol. The van der Waals surface area contributed by atoms with Crippen molar-refractivity contribution in [3.05, 3.63) is 74.3 Å². The van der Waals surface area contributed by atoms with Gasteiger partial charge in [-0.05, 0) is 29.7 Å². The zero-order valence-corrected chi connectivity index (χ0v) is 15.2. The Morgan fingerprint density at radius 3 is 2.35 bits per heavy atom. The summed E-state index contributed by atoms with van der Waals surface area (Å²) in [5.74, 6) is -0.639. The van der Waals surface area contributed by atoms with E-state index in [4.69, 9.17) is 0 Å². The lowest BCUT2D eigenvalue weighted by Crippen LogP contribution is -2.37. The Balaban J connectivity index is 2.21. The number of aromatic nitrogens is 2. The second kappa shape index (κ2) is 7.95. The van der Waals surface area contributed by atoms with E-state index in [0.717, 1.165) is 10.1 Å². The molecular weight excluding hydrogens is 337 g/mol. The van der Waals surface area contributed by atoms with Crippen LogP contribution < -0.4 is 16.6 Å². The molecule has 0 aliphatic heterocycles. The van der Waals surface area contributed by atoms with Gasteiger partial charge in [0.2, 0.25) is 5.91 Å². The van der Waals surface area contributed by atoms with Crippen molar-refractivity contribution < 1.29 is 9.18 Å². The smallest absolute Gasteiger partial charge is 0.330 e. The van der Waals surface area contributed by atoms with Gasteiger partial charge in [0.25, 0.3) is 5.56 Å². The van der Waals surface area contributed by atoms with E-state index in [2.05, 4.69) is 5.32 Å². The number of amides is 1. The molecular formula is C19H22FN3O3. The third-order valence-corrected chi connectivity index (χ3v) is 4.08. The summed E-state index contributed by atoms with van der Waals surface area (Å²) in [6, 6.07) is 5.66. The van der Waals surface area contributed by atoms with Crippen LogP contribution in [0.2, 0.25) is 0 Å². The van der Waals surface area contributed by atoms with Crippen LogP contribution in [-0.2, 0) is 18.9 Å². The largest absolute Gasteiger partial charge is 0.345 e. The molecule has 1 N–H and O–H groups in total. The van der Waals surface area contributed by atoms with Crippen molar-refractivity contribution in [1.82, 2.24) is 14.5 Å². The standard InChI is InChI=1S/C19H22FN3O3/c1-12(2)17(13-5-8-15(20)9-6-13)21-16(24)10-7-14-11-22(3)19(26)23(4)18(14)25/h5-12,17H,1-4H3,(H,21,24)/b10-7+. The minimum absolute atomic E-state index is 0.0863. The minimum Gasteiger partial charge on any atom is -0.345 e. The number of halogens is 1. The molecule has 0 saturated heterocycles. The summed E-state index contributed by atoms with van der Waals surface area (Å²) in [6.45, 7) is 3.89. The van der Waals surface area contributed by atoms with Crippen LogP contribution in [0, 0.1) is 11.7 Å². The zero-order chi connectivity index (χ0) is 19.4. The van der Waals surface area contributed by atoms with Crippen molar-refractivity contribution in [2.45, 2.75) is 19.9 Å². The number of nitrogens with zero attached hydrogens (tertiary/aromatic N) is 2. The topological polar surface area (TPSA) is 73.1 Å². The van der Waals surface area contributed by atoms with Crippen molar-refractivity contribution in [2.24, 2.45) is 20.0 Å². The molecule has 1 heterocycles. The highest BCUT2D eigenvalue weighted by molar-refractivity contribution is 5.91. The number of aryl methyl sites for hydroxylation is 1. The van der Waals surface area contributed by atoms with Crippen molar-refractivity contribution in [3.63, 3.8) is 0 Å². The fourth-order valence-corrected chi connectivity index (χ4v) is 2.62. The molecule has 0 radical (unpaired) electrons.